The minimum atomic E-state index is -0.679. The van der Waals surface area contributed by atoms with Gasteiger partial charge in [0.1, 0.15) is 34.7 Å². The van der Waals surface area contributed by atoms with Gasteiger partial charge in [-0.1, -0.05) is 18.2 Å². The predicted molar refractivity (Wildman–Crippen MR) is 121 cm³/mol. The van der Waals surface area contributed by atoms with E-state index in [0.29, 0.717) is 28.2 Å². The fourth-order valence-corrected chi connectivity index (χ4v) is 3.61. The minimum Gasteiger partial charge on any atom is -0.482 e. The van der Waals surface area contributed by atoms with Gasteiger partial charge in [0.25, 0.3) is 0 Å². The van der Waals surface area contributed by atoms with Crippen LogP contribution in [0.15, 0.2) is 78.2 Å². The van der Waals surface area contributed by atoms with E-state index < -0.39 is 23.7 Å². The second kappa shape index (κ2) is 9.97. The molecule has 1 atom stereocenters. The number of fused-ring (bicyclic) bond motifs is 1. The molecule has 0 bridgehead atoms. The van der Waals surface area contributed by atoms with Crippen molar-refractivity contribution in [2.75, 3.05) is 13.7 Å². The molecule has 1 aliphatic heterocycles. The topological polar surface area (TPSA) is 121 Å². The number of halogens is 1. The van der Waals surface area contributed by atoms with E-state index in [1.807, 2.05) is 0 Å². The zero-order valence-electron chi connectivity index (χ0n) is 18.5. The van der Waals surface area contributed by atoms with E-state index in [0.717, 1.165) is 0 Å². The molecule has 176 valence electrons. The molecular formula is C26H19FN2O6. The van der Waals surface area contributed by atoms with Crippen molar-refractivity contribution in [1.29, 1.82) is 5.26 Å². The van der Waals surface area contributed by atoms with Crippen molar-refractivity contribution in [1.82, 2.24) is 0 Å². The summed E-state index contributed by atoms with van der Waals surface area (Å²) in [7, 11) is 1.29. The zero-order valence-corrected chi connectivity index (χ0v) is 18.5. The van der Waals surface area contributed by atoms with Gasteiger partial charge in [0, 0.05) is 11.6 Å². The average Bonchev–Trinajstić information content (AvgIpc) is 2.87. The highest BCUT2D eigenvalue weighted by molar-refractivity contribution is 5.89. The van der Waals surface area contributed by atoms with Crippen LogP contribution in [0.1, 0.15) is 27.4 Å². The molecule has 0 spiro atoms. The standard InChI is InChI=1S/C26H19FN2O6/c1-32-26(31)16-4-2-15(3-5-16)24-20-11-10-19(12-22(20)35-25(29)21(24)13-28)34-23(30)14-33-18-8-6-17(27)7-9-18/h2-12,24H,14,29H2,1H3. The number of methoxy groups -OCH3 is 1. The van der Waals surface area contributed by atoms with E-state index in [2.05, 4.69) is 6.07 Å². The summed E-state index contributed by atoms with van der Waals surface area (Å²) >= 11 is 0. The molecule has 0 saturated heterocycles. The molecule has 0 radical (unpaired) electrons. The van der Waals surface area contributed by atoms with E-state index in [4.69, 9.17) is 24.7 Å². The monoisotopic (exact) mass is 474 g/mol. The molecule has 2 N–H and O–H groups in total. The van der Waals surface area contributed by atoms with Crippen molar-refractivity contribution in [3.05, 3.63) is 101 Å². The molecule has 4 rings (SSSR count). The molecular weight excluding hydrogens is 455 g/mol. The summed E-state index contributed by atoms with van der Waals surface area (Å²) in [4.78, 5) is 24.0. The van der Waals surface area contributed by atoms with Crippen LogP contribution in [0.5, 0.6) is 17.2 Å². The maximum atomic E-state index is 13.0. The van der Waals surface area contributed by atoms with Gasteiger partial charge in [0.15, 0.2) is 6.61 Å². The number of carbonyl (C=O) groups excluding carboxylic acids is 2. The number of nitrogens with zero attached hydrogens (tertiary/aromatic N) is 1. The van der Waals surface area contributed by atoms with Gasteiger partial charge in [-0.25, -0.2) is 14.0 Å². The third kappa shape index (κ3) is 5.07. The first kappa shape index (κ1) is 23.3. The Bertz CT molecular complexity index is 1340. The fraction of sp³-hybridized carbons (Fsp3) is 0.115. The molecule has 1 unspecified atom stereocenters. The second-order valence-corrected chi connectivity index (χ2v) is 7.45. The van der Waals surface area contributed by atoms with Crippen LogP contribution in [0.4, 0.5) is 4.39 Å². The third-order valence-corrected chi connectivity index (χ3v) is 5.26. The lowest BCUT2D eigenvalue weighted by molar-refractivity contribution is -0.136. The molecule has 3 aromatic rings. The van der Waals surface area contributed by atoms with Gasteiger partial charge in [-0.05, 0) is 48.0 Å². The Morgan fingerprint density at radius 1 is 1.06 bits per heavy atom. The maximum absolute atomic E-state index is 13.0. The predicted octanol–water partition coefficient (Wildman–Crippen LogP) is 3.81. The number of carbonyl (C=O) groups is 2. The number of benzene rings is 3. The van der Waals surface area contributed by atoms with Crippen molar-refractivity contribution in [2.45, 2.75) is 5.92 Å². The molecule has 0 fully saturated rings. The highest BCUT2D eigenvalue weighted by atomic mass is 19.1. The van der Waals surface area contributed by atoms with Crippen LogP contribution in [0.2, 0.25) is 0 Å². The van der Waals surface area contributed by atoms with E-state index in [1.165, 1.54) is 37.4 Å². The molecule has 9 heteroatoms. The molecule has 3 aromatic carbocycles. The van der Waals surface area contributed by atoms with Crippen LogP contribution in [0.3, 0.4) is 0 Å². The Morgan fingerprint density at radius 2 is 1.74 bits per heavy atom. The number of allylic oxidation sites excluding steroid dienone is 1. The number of hydrogen-bond acceptors (Lipinski definition) is 8. The van der Waals surface area contributed by atoms with Crippen LogP contribution < -0.4 is 19.9 Å². The van der Waals surface area contributed by atoms with Crippen molar-refractivity contribution < 1.29 is 32.9 Å². The normalized spacial score (nSPS) is 14.3. The van der Waals surface area contributed by atoms with Gasteiger partial charge in [-0.15, -0.1) is 0 Å². The van der Waals surface area contributed by atoms with Crippen molar-refractivity contribution in [3.8, 4) is 23.3 Å². The summed E-state index contributed by atoms with van der Waals surface area (Å²) in [5.41, 5.74) is 7.92. The number of esters is 2. The van der Waals surface area contributed by atoms with Crippen LogP contribution in [0, 0.1) is 17.1 Å². The summed E-state index contributed by atoms with van der Waals surface area (Å²) in [6.45, 7) is -0.390. The van der Waals surface area contributed by atoms with Crippen LogP contribution in [-0.4, -0.2) is 25.7 Å². The lowest BCUT2D eigenvalue weighted by atomic mass is 9.83. The second-order valence-electron chi connectivity index (χ2n) is 7.45. The highest BCUT2D eigenvalue weighted by Gasteiger charge is 2.31. The largest absolute Gasteiger partial charge is 0.482 e. The van der Waals surface area contributed by atoms with Crippen LogP contribution >= 0.6 is 0 Å². The quantitative estimate of drug-likeness (QED) is 0.423. The van der Waals surface area contributed by atoms with E-state index >= 15 is 0 Å². The van der Waals surface area contributed by atoms with E-state index in [1.54, 1.807) is 36.4 Å². The number of rotatable bonds is 6. The van der Waals surface area contributed by atoms with E-state index in [-0.39, 0.29) is 23.8 Å². The highest BCUT2D eigenvalue weighted by Crippen LogP contribution is 2.43. The van der Waals surface area contributed by atoms with Gasteiger partial charge in [-0.2, -0.15) is 5.26 Å². The molecule has 0 amide bonds. The summed E-state index contributed by atoms with van der Waals surface area (Å²) < 4.78 is 33.9. The number of nitriles is 1. The fourth-order valence-electron chi connectivity index (χ4n) is 3.61. The third-order valence-electron chi connectivity index (χ3n) is 5.26. The maximum Gasteiger partial charge on any atom is 0.349 e. The Labute approximate surface area is 199 Å². The summed E-state index contributed by atoms with van der Waals surface area (Å²) in [5, 5.41) is 9.70. The molecule has 0 aromatic heterocycles. The Balaban J connectivity index is 1.54. The van der Waals surface area contributed by atoms with Crippen LogP contribution in [-0.2, 0) is 9.53 Å². The Morgan fingerprint density at radius 3 is 2.40 bits per heavy atom. The minimum absolute atomic E-state index is 0.0786. The van der Waals surface area contributed by atoms with Gasteiger partial charge in [0.2, 0.25) is 5.88 Å². The van der Waals surface area contributed by atoms with Crippen molar-refractivity contribution in [2.24, 2.45) is 5.73 Å². The van der Waals surface area contributed by atoms with Gasteiger partial charge in [0.05, 0.1) is 18.6 Å². The van der Waals surface area contributed by atoms with Gasteiger partial charge < -0.3 is 24.7 Å². The summed E-state index contributed by atoms with van der Waals surface area (Å²) in [6, 6.07) is 18.6. The molecule has 0 saturated carbocycles. The number of hydrogen-bond donors (Lipinski definition) is 1. The molecule has 1 aliphatic rings. The van der Waals surface area contributed by atoms with Crippen LogP contribution in [0.25, 0.3) is 0 Å². The lowest BCUT2D eigenvalue weighted by Crippen LogP contribution is -2.21. The number of nitrogens with two attached hydrogens (primary N) is 1. The summed E-state index contributed by atoms with van der Waals surface area (Å²) in [5.74, 6) is -1.39. The van der Waals surface area contributed by atoms with Crippen molar-refractivity contribution >= 4 is 11.9 Å². The van der Waals surface area contributed by atoms with Gasteiger partial charge in [-0.3, -0.25) is 0 Å². The Hall–Kier alpha value is -4.84. The molecule has 35 heavy (non-hydrogen) atoms. The zero-order chi connectivity index (χ0) is 24.9. The summed E-state index contributed by atoms with van der Waals surface area (Å²) in [6.07, 6.45) is 0. The molecule has 8 nitrogen and oxygen atoms in total. The first-order valence-electron chi connectivity index (χ1n) is 10.4. The molecule has 0 aliphatic carbocycles. The van der Waals surface area contributed by atoms with Gasteiger partial charge >= 0.3 is 11.9 Å². The SMILES string of the molecule is COC(=O)c1ccc(C2C(C#N)=C(N)Oc3cc(OC(=O)COc4ccc(F)cc4)ccc32)cc1. The number of ether oxygens (including phenoxy) is 4. The van der Waals surface area contributed by atoms with E-state index in [9.17, 15) is 19.2 Å². The first-order valence-corrected chi connectivity index (χ1v) is 10.4. The smallest absolute Gasteiger partial charge is 0.349 e. The average molecular weight is 474 g/mol. The Kier molecular flexibility index (Phi) is 6.64. The van der Waals surface area contributed by atoms with Crippen molar-refractivity contribution in [3.63, 3.8) is 0 Å². The lowest BCUT2D eigenvalue weighted by Gasteiger charge is -2.26. The first-order chi connectivity index (χ1) is 16.9. The molecule has 1 heterocycles.